The number of esters is 1. The predicted molar refractivity (Wildman–Crippen MR) is 221 cm³/mol. The molecule has 0 amide bonds. The highest BCUT2D eigenvalue weighted by molar-refractivity contribution is 6.35. The van der Waals surface area contributed by atoms with Crippen LogP contribution in [0.4, 0.5) is 4.39 Å². The summed E-state index contributed by atoms with van der Waals surface area (Å²) in [6.07, 6.45) is 2.38. The number of likely N-dealkylation sites (N-methyl/N-ethyl adjacent to an activating group) is 1. The van der Waals surface area contributed by atoms with E-state index in [-0.39, 0.29) is 11.9 Å². The largest absolute Gasteiger partial charge is 0.493 e. The number of hydrogen-bond acceptors (Lipinski definition) is 8. The summed E-state index contributed by atoms with van der Waals surface area (Å²) in [5.41, 5.74) is 8.55. The van der Waals surface area contributed by atoms with Crippen molar-refractivity contribution in [2.24, 2.45) is 14.1 Å². The van der Waals surface area contributed by atoms with Crippen LogP contribution in [0.3, 0.4) is 0 Å². The van der Waals surface area contributed by atoms with Gasteiger partial charge < -0.3 is 28.6 Å². The number of methoxy groups -OCH3 is 1. The van der Waals surface area contributed by atoms with Crippen molar-refractivity contribution in [2.45, 2.75) is 58.8 Å². The second-order valence-electron chi connectivity index (χ2n) is 15.5. The van der Waals surface area contributed by atoms with Gasteiger partial charge in [0.05, 0.1) is 31.7 Å². The molecule has 0 radical (unpaired) electrons. The topological polar surface area (TPSA) is 91.8 Å². The van der Waals surface area contributed by atoms with E-state index in [0.29, 0.717) is 49.1 Å². The van der Waals surface area contributed by atoms with Crippen LogP contribution in [0, 0.1) is 19.7 Å². The van der Waals surface area contributed by atoms with E-state index in [9.17, 15) is 9.18 Å². The summed E-state index contributed by atoms with van der Waals surface area (Å²) in [4.78, 5) is 18.4. The minimum atomic E-state index is -0.423. The molecule has 2 aliphatic rings. The fourth-order valence-corrected chi connectivity index (χ4v) is 8.91. The Morgan fingerprint density at radius 2 is 1.75 bits per heavy atom. The summed E-state index contributed by atoms with van der Waals surface area (Å²) < 4.78 is 39.1. The van der Waals surface area contributed by atoms with Crippen molar-refractivity contribution in [2.75, 3.05) is 53.5 Å². The highest BCUT2D eigenvalue weighted by Gasteiger charge is 2.31. The van der Waals surface area contributed by atoms with E-state index in [0.717, 1.165) is 112 Å². The lowest BCUT2D eigenvalue weighted by molar-refractivity contribution is 0.0190. The number of piperazine rings is 1. The molecule has 0 spiro atoms. The van der Waals surface area contributed by atoms with Gasteiger partial charge in [-0.2, -0.15) is 10.2 Å². The molecule has 3 aromatic carbocycles. The van der Waals surface area contributed by atoms with E-state index in [1.54, 1.807) is 12.1 Å². The molecule has 1 fully saturated rings. The zero-order valence-corrected chi connectivity index (χ0v) is 34.5. The molecule has 3 aromatic heterocycles. The van der Waals surface area contributed by atoms with Gasteiger partial charge in [-0.05, 0) is 106 Å². The second kappa shape index (κ2) is 16.2. The van der Waals surface area contributed by atoms with Crippen LogP contribution in [0.5, 0.6) is 5.75 Å². The maximum absolute atomic E-state index is 14.5. The van der Waals surface area contributed by atoms with Gasteiger partial charge in [-0.3, -0.25) is 9.36 Å². The fraction of sp³-hybridized carbons (Fsp3) is 0.432. The minimum Gasteiger partial charge on any atom is -0.493 e. The highest BCUT2D eigenvalue weighted by Crippen LogP contribution is 2.45. The standard InChI is InChI=1S/C44H51ClFN7O4/c1-27-39-36-13-12-35(45)41(39)40-28(2)50(4)48-42(40)37(14-16-52-19-17-49(3)18-20-52)57-26-32-25-33(51(5)47-32)10-8-29-22-30-24-31(46)9-11-34(30)38(23-29)56-21-7-15-53(36)43(27)44(54)55-6/h9,11-13,22-25,37H,7-8,10,14-21,26H2,1-6H3. The Balaban J connectivity index is 1.27. The minimum absolute atomic E-state index is 0.293. The number of halogens is 2. The van der Waals surface area contributed by atoms with Gasteiger partial charge in [-0.1, -0.05) is 17.7 Å². The van der Waals surface area contributed by atoms with Crippen LogP contribution < -0.4 is 4.74 Å². The number of benzene rings is 3. The fourth-order valence-electron chi connectivity index (χ4n) is 8.65. The molecular weight excluding hydrogens is 745 g/mol. The number of ether oxygens (including phenoxy) is 3. The lowest BCUT2D eigenvalue weighted by Gasteiger charge is -2.33. The van der Waals surface area contributed by atoms with Crippen LogP contribution in [0.15, 0.2) is 48.5 Å². The van der Waals surface area contributed by atoms with Gasteiger partial charge in [0.1, 0.15) is 23.4 Å². The lowest BCUT2D eigenvalue weighted by Crippen LogP contribution is -2.44. The van der Waals surface area contributed by atoms with E-state index in [2.05, 4.69) is 35.9 Å². The molecule has 0 aliphatic carbocycles. The molecule has 57 heavy (non-hydrogen) atoms. The summed E-state index contributed by atoms with van der Waals surface area (Å²) in [5.74, 6) is -0.0166. The maximum Gasteiger partial charge on any atom is 0.354 e. The molecule has 11 nitrogen and oxygen atoms in total. The van der Waals surface area contributed by atoms with Crippen molar-refractivity contribution in [3.8, 4) is 16.9 Å². The molecule has 8 bridgehead atoms. The third-order valence-electron chi connectivity index (χ3n) is 11.9. The Morgan fingerprint density at radius 3 is 2.54 bits per heavy atom. The number of carbonyl (C=O) groups excluding carboxylic acids is 1. The van der Waals surface area contributed by atoms with E-state index in [1.165, 1.54) is 13.2 Å². The number of nitrogens with zero attached hydrogens (tertiary/aromatic N) is 7. The molecule has 8 rings (SSSR count). The van der Waals surface area contributed by atoms with Gasteiger partial charge in [-0.15, -0.1) is 0 Å². The van der Waals surface area contributed by atoms with Crippen molar-refractivity contribution in [3.63, 3.8) is 0 Å². The average Bonchev–Trinajstić information content (AvgIpc) is 3.80. The first-order chi connectivity index (χ1) is 27.5. The van der Waals surface area contributed by atoms with Crippen LogP contribution >= 0.6 is 11.6 Å². The smallest absolute Gasteiger partial charge is 0.354 e. The third-order valence-corrected chi connectivity index (χ3v) is 12.2. The average molecular weight is 796 g/mol. The van der Waals surface area contributed by atoms with Crippen LogP contribution in [-0.4, -0.2) is 93.4 Å². The molecule has 5 heterocycles. The van der Waals surface area contributed by atoms with E-state index in [4.69, 9.17) is 36.0 Å². The molecule has 2 aliphatic heterocycles. The molecule has 13 heteroatoms. The first-order valence-electron chi connectivity index (χ1n) is 19.8. The zero-order chi connectivity index (χ0) is 40.0. The number of aryl methyl sites for hydroxylation is 6. The Bertz CT molecular complexity index is 2460. The van der Waals surface area contributed by atoms with Crippen molar-refractivity contribution in [1.82, 2.24) is 33.9 Å². The van der Waals surface area contributed by atoms with E-state index >= 15 is 0 Å². The van der Waals surface area contributed by atoms with Crippen molar-refractivity contribution < 1.29 is 23.4 Å². The van der Waals surface area contributed by atoms with Crippen LogP contribution in [0.25, 0.3) is 32.8 Å². The predicted octanol–water partition coefficient (Wildman–Crippen LogP) is 7.59. The van der Waals surface area contributed by atoms with E-state index in [1.807, 2.05) is 53.1 Å². The second-order valence-corrected chi connectivity index (χ2v) is 16.0. The van der Waals surface area contributed by atoms with Gasteiger partial charge in [0.15, 0.2) is 0 Å². The first-order valence-corrected chi connectivity index (χ1v) is 20.2. The molecule has 0 saturated carbocycles. The SMILES string of the molecule is COC(=O)c1c(C)c2c3c(Cl)ccc2n1CCCOc1cc(cc2cc(F)ccc12)CCc1cc(nn1C)COC(CCN1CCN(C)CC1)c1nn(C)c(C)c1-3. The van der Waals surface area contributed by atoms with Crippen LogP contribution in [0.2, 0.25) is 5.02 Å². The molecule has 1 unspecified atom stereocenters. The summed E-state index contributed by atoms with van der Waals surface area (Å²) in [6.45, 7) is 10.1. The van der Waals surface area contributed by atoms with Crippen LogP contribution in [0.1, 0.15) is 63.3 Å². The summed E-state index contributed by atoms with van der Waals surface area (Å²) in [7, 11) is 7.50. The Morgan fingerprint density at radius 1 is 0.947 bits per heavy atom. The van der Waals surface area contributed by atoms with Crippen molar-refractivity contribution >= 4 is 39.2 Å². The van der Waals surface area contributed by atoms with Crippen LogP contribution in [-0.2, 0) is 49.6 Å². The third kappa shape index (κ3) is 7.68. The number of rotatable bonds is 4. The zero-order valence-electron chi connectivity index (χ0n) is 33.7. The van der Waals surface area contributed by atoms with Gasteiger partial charge in [0.25, 0.3) is 0 Å². The quantitative estimate of drug-likeness (QED) is 0.169. The van der Waals surface area contributed by atoms with Gasteiger partial charge in [0.2, 0.25) is 0 Å². The number of carbonyl (C=O) groups is 1. The molecule has 6 aromatic rings. The first kappa shape index (κ1) is 39.1. The molecule has 1 atom stereocenters. The summed E-state index contributed by atoms with van der Waals surface area (Å²) in [6, 6.07) is 14.9. The van der Waals surface area contributed by atoms with Crippen molar-refractivity contribution in [1.29, 1.82) is 0 Å². The molecular formula is C44H51ClFN7O4. The number of hydrogen-bond donors (Lipinski definition) is 0. The summed E-state index contributed by atoms with van der Waals surface area (Å²) in [5, 5.41) is 13.1. The Hall–Kier alpha value is -4.75. The highest BCUT2D eigenvalue weighted by atomic mass is 35.5. The van der Waals surface area contributed by atoms with Crippen molar-refractivity contribution in [3.05, 3.63) is 99.0 Å². The Kier molecular flexibility index (Phi) is 11.1. The maximum atomic E-state index is 14.5. The van der Waals surface area contributed by atoms with E-state index < -0.39 is 5.97 Å². The molecule has 0 N–H and O–H groups in total. The number of fused-ring (bicyclic) bond motifs is 8. The Labute approximate surface area is 337 Å². The number of aromatic nitrogens is 5. The molecule has 300 valence electrons. The lowest BCUT2D eigenvalue weighted by atomic mass is 9.94. The van der Waals surface area contributed by atoms with Gasteiger partial charge in [0, 0.05) is 97.2 Å². The van der Waals surface area contributed by atoms with Gasteiger partial charge >= 0.3 is 5.97 Å². The van der Waals surface area contributed by atoms with Gasteiger partial charge in [-0.25, -0.2) is 9.18 Å². The summed E-state index contributed by atoms with van der Waals surface area (Å²) >= 11 is 7.25. The monoisotopic (exact) mass is 795 g/mol. The normalized spacial score (nSPS) is 17.4. The molecule has 1 saturated heterocycles.